The maximum atomic E-state index is 12.1. The van der Waals surface area contributed by atoms with Crippen molar-refractivity contribution >= 4 is 50.8 Å². The Morgan fingerprint density at radius 1 is 0.667 bits per heavy atom. The fourth-order valence-corrected chi connectivity index (χ4v) is 4.84. The van der Waals surface area contributed by atoms with Crippen LogP contribution >= 0.6 is 8.30 Å². The lowest BCUT2D eigenvalue weighted by Crippen LogP contribution is -2.37. The first-order chi connectivity index (χ1) is 28.6. The number of carbonyl (C=O) groups excluding carboxylic acids is 4. The number of carboxylic acids is 3. The van der Waals surface area contributed by atoms with E-state index in [-0.39, 0.29) is 49.7 Å². The van der Waals surface area contributed by atoms with Gasteiger partial charge < -0.3 is 41.5 Å². The van der Waals surface area contributed by atoms with Crippen molar-refractivity contribution in [3.63, 3.8) is 0 Å². The third-order valence-corrected chi connectivity index (χ3v) is 8.86. The summed E-state index contributed by atoms with van der Waals surface area (Å²) in [6.45, 7) is 14.4. The number of unbranched alkanes of at least 4 members (excludes halogenated alkanes) is 7. The van der Waals surface area contributed by atoms with E-state index in [2.05, 4.69) is 47.1 Å². The maximum Gasteiger partial charge on any atom is 0.326 e. The number of amides is 4. The maximum absolute atomic E-state index is 12.1. The molecule has 18 heteroatoms. The van der Waals surface area contributed by atoms with Gasteiger partial charge in [0, 0.05) is 51.5 Å². The topological polar surface area (TPSA) is 261 Å². The van der Waals surface area contributed by atoms with E-state index in [0.717, 1.165) is 69.6 Å². The lowest BCUT2D eigenvalue weighted by Gasteiger charge is -2.10. The van der Waals surface area contributed by atoms with Crippen molar-refractivity contribution in [2.24, 2.45) is 0 Å². The van der Waals surface area contributed by atoms with Crippen molar-refractivity contribution in [1.29, 1.82) is 0 Å². The van der Waals surface area contributed by atoms with Crippen LogP contribution in [0.4, 0.5) is 4.39 Å². The van der Waals surface area contributed by atoms with E-state index in [0.29, 0.717) is 32.3 Å². The van der Waals surface area contributed by atoms with Gasteiger partial charge in [-0.2, -0.15) is 0 Å². The SMILES string of the molecule is CC.CCCCCCNC(=O)CCCCCNC=O.CCCCCNC(=O)CCC(NC=O)C(=O)O.CCCP(O)NC.Cc1ccc(F)cc1.O=C(O)CCCC(=O)O. The molecular weight excluding hydrogens is 800 g/mol. The highest BCUT2D eigenvalue weighted by Gasteiger charge is 2.17. The Labute approximate surface area is 359 Å². The van der Waals surface area contributed by atoms with Gasteiger partial charge in [-0.15, -0.1) is 0 Å². The number of aliphatic carboxylic acids is 3. The second kappa shape index (κ2) is 52.8. The van der Waals surface area contributed by atoms with Crippen molar-refractivity contribution < 1.29 is 58.2 Å². The van der Waals surface area contributed by atoms with Crippen molar-refractivity contribution in [1.82, 2.24) is 26.4 Å². The van der Waals surface area contributed by atoms with E-state index >= 15 is 0 Å². The van der Waals surface area contributed by atoms with Crippen LogP contribution in [0.25, 0.3) is 0 Å². The van der Waals surface area contributed by atoms with Crippen molar-refractivity contribution in [2.45, 2.75) is 157 Å². The molecule has 9 N–H and O–H groups in total. The fourth-order valence-electron chi connectivity index (χ4n) is 4.19. The Morgan fingerprint density at radius 2 is 1.15 bits per heavy atom. The van der Waals surface area contributed by atoms with Gasteiger partial charge in [-0.3, -0.25) is 33.9 Å². The molecule has 0 bridgehead atoms. The van der Waals surface area contributed by atoms with E-state index in [1.165, 1.54) is 31.4 Å². The monoisotopic (exact) mass is 880 g/mol. The minimum atomic E-state index is -1.13. The standard InChI is InChI=1S/C13H26N2O2.C11H20N2O4.C7H7F.C5H8O4.C4H12NOP.C2H6/c1-2-3-4-8-11-15-13(17)9-6-5-7-10-14-12-16;1-2-3-4-7-12-10(15)6-5-9(11(16)17)13-8-14;1-6-2-4-7(8)5-3-6;6-4(7)2-1-3-5(8)9;1-3-4-7(6)5-2;1-2/h12H,2-11H2,1H3,(H,14,16)(H,15,17);8-9H,2-7H2,1H3,(H,12,15)(H,13,14)(H,16,17);2-5H,1H3;1-3H2,(H,6,7)(H,8,9);5-6H,3-4H2,1-2H3;1-2H3. The number of carbonyl (C=O) groups is 7. The predicted octanol–water partition coefficient (Wildman–Crippen LogP) is 6.67. The Morgan fingerprint density at radius 3 is 1.57 bits per heavy atom. The molecule has 2 unspecified atom stereocenters. The van der Waals surface area contributed by atoms with Gasteiger partial charge in [0.15, 0.2) is 0 Å². The van der Waals surface area contributed by atoms with Crippen molar-refractivity contribution in [3.05, 3.63) is 35.6 Å². The Kier molecular flexibility index (Phi) is 57.1. The largest absolute Gasteiger partial charge is 0.481 e. The second-order valence-electron chi connectivity index (χ2n) is 12.8. The molecule has 0 saturated heterocycles. The predicted molar refractivity (Wildman–Crippen MR) is 237 cm³/mol. The van der Waals surface area contributed by atoms with Gasteiger partial charge in [0.1, 0.15) is 11.9 Å². The molecule has 0 aromatic heterocycles. The molecule has 0 heterocycles. The summed E-state index contributed by atoms with van der Waals surface area (Å²) in [5.41, 5.74) is 1.09. The fraction of sp³-hybridized carbons (Fsp3) is 0.690. The molecule has 0 spiro atoms. The molecule has 350 valence electrons. The highest BCUT2D eigenvalue weighted by molar-refractivity contribution is 7.49. The normalized spacial score (nSPS) is 10.4. The molecule has 0 fully saturated rings. The lowest BCUT2D eigenvalue weighted by atomic mass is 10.1. The summed E-state index contributed by atoms with van der Waals surface area (Å²) in [5, 5.41) is 38.0. The number of rotatable bonds is 29. The van der Waals surface area contributed by atoms with Crippen LogP contribution in [0.5, 0.6) is 0 Å². The van der Waals surface area contributed by atoms with Gasteiger partial charge in [0.2, 0.25) is 24.6 Å². The lowest BCUT2D eigenvalue weighted by molar-refractivity contribution is -0.141. The number of hydrogen-bond donors (Lipinski definition) is 9. The Hall–Kier alpha value is -4.21. The summed E-state index contributed by atoms with van der Waals surface area (Å²) in [4.78, 5) is 81.8. The molecule has 1 aromatic carbocycles. The molecule has 0 aliphatic heterocycles. The zero-order chi connectivity index (χ0) is 46.8. The molecule has 0 radical (unpaired) electrons. The van der Waals surface area contributed by atoms with Crippen LogP contribution in [0.1, 0.15) is 149 Å². The molecule has 1 rings (SSSR count). The first kappa shape index (κ1) is 64.9. The number of benzene rings is 1. The second-order valence-corrected chi connectivity index (χ2v) is 14.5. The first-order valence-electron chi connectivity index (χ1n) is 21.1. The molecule has 0 aliphatic carbocycles. The molecule has 2 atom stereocenters. The Bertz CT molecular complexity index is 1150. The number of aryl methyl sites for hydroxylation is 1. The molecular formula is C42H79FN5O11P. The van der Waals surface area contributed by atoms with Crippen LogP contribution in [-0.4, -0.2) is 102 Å². The molecule has 60 heavy (non-hydrogen) atoms. The van der Waals surface area contributed by atoms with Crippen LogP contribution in [0, 0.1) is 12.7 Å². The van der Waals surface area contributed by atoms with Gasteiger partial charge in [-0.05, 0) is 71.0 Å². The van der Waals surface area contributed by atoms with Crippen LogP contribution in [-0.2, 0) is 33.6 Å². The van der Waals surface area contributed by atoms with Gasteiger partial charge in [0.25, 0.3) is 0 Å². The van der Waals surface area contributed by atoms with Gasteiger partial charge in [-0.1, -0.05) is 90.8 Å². The summed E-state index contributed by atoms with van der Waals surface area (Å²) in [5.74, 6) is -3.22. The highest BCUT2D eigenvalue weighted by atomic mass is 31.2. The van der Waals surface area contributed by atoms with Gasteiger partial charge >= 0.3 is 17.9 Å². The minimum absolute atomic E-state index is 0.0632. The highest BCUT2D eigenvalue weighted by Crippen LogP contribution is 2.22. The number of hydrogen-bond acceptors (Lipinski definition) is 9. The van der Waals surface area contributed by atoms with E-state index in [9.17, 15) is 38.0 Å². The van der Waals surface area contributed by atoms with Crippen LogP contribution in [0.15, 0.2) is 24.3 Å². The van der Waals surface area contributed by atoms with E-state index < -0.39 is 32.2 Å². The van der Waals surface area contributed by atoms with E-state index in [1.54, 1.807) is 19.2 Å². The summed E-state index contributed by atoms with van der Waals surface area (Å²) < 4.78 is 12.1. The summed E-state index contributed by atoms with van der Waals surface area (Å²) in [6, 6.07) is 5.41. The Balaban J connectivity index is -0.000000217. The molecule has 1 aromatic rings. The van der Waals surface area contributed by atoms with Gasteiger partial charge in [0.05, 0.1) is 8.30 Å². The molecule has 0 aliphatic rings. The number of carboxylic acid groups (broad SMARTS) is 3. The van der Waals surface area contributed by atoms with Crippen LogP contribution < -0.4 is 26.4 Å². The zero-order valence-electron chi connectivity index (χ0n) is 37.4. The van der Waals surface area contributed by atoms with Crippen molar-refractivity contribution in [3.8, 4) is 0 Å². The van der Waals surface area contributed by atoms with Crippen LogP contribution in [0.2, 0.25) is 0 Å². The third-order valence-electron chi connectivity index (χ3n) is 7.48. The average molecular weight is 880 g/mol. The quantitative estimate of drug-likeness (QED) is 0.0232. The summed E-state index contributed by atoms with van der Waals surface area (Å²) in [6.07, 6.45) is 14.6. The van der Waals surface area contributed by atoms with E-state index in [4.69, 9.17) is 20.2 Å². The van der Waals surface area contributed by atoms with Crippen molar-refractivity contribution in [2.75, 3.05) is 32.8 Å². The van der Waals surface area contributed by atoms with E-state index in [1.807, 2.05) is 20.8 Å². The molecule has 16 nitrogen and oxygen atoms in total. The number of nitrogens with one attached hydrogen (secondary N) is 5. The average Bonchev–Trinajstić information content (AvgIpc) is 3.22. The number of halogens is 1. The molecule has 0 saturated carbocycles. The van der Waals surface area contributed by atoms with Gasteiger partial charge in [-0.25, -0.2) is 9.18 Å². The summed E-state index contributed by atoms with van der Waals surface area (Å²) >= 11 is 0. The minimum Gasteiger partial charge on any atom is -0.481 e. The third kappa shape index (κ3) is 60.5. The zero-order valence-corrected chi connectivity index (χ0v) is 38.3. The smallest absolute Gasteiger partial charge is 0.326 e. The molecule has 4 amide bonds. The summed E-state index contributed by atoms with van der Waals surface area (Å²) in [7, 11) is 0.951. The first-order valence-corrected chi connectivity index (χ1v) is 22.6. The van der Waals surface area contributed by atoms with Crippen LogP contribution in [0.3, 0.4) is 0 Å².